The zero-order chi connectivity index (χ0) is 14.5. The van der Waals surface area contributed by atoms with Crippen LogP contribution < -0.4 is 5.32 Å². The van der Waals surface area contributed by atoms with Gasteiger partial charge in [-0.1, -0.05) is 42.4 Å². The molecule has 0 saturated carbocycles. The van der Waals surface area contributed by atoms with Crippen LogP contribution in [0.1, 0.15) is 43.5 Å². The lowest BCUT2D eigenvalue weighted by atomic mass is 9.76. The van der Waals surface area contributed by atoms with Crippen LogP contribution in [0.3, 0.4) is 0 Å². The molecule has 0 unspecified atom stereocenters. The van der Waals surface area contributed by atoms with Crippen LogP contribution in [0.15, 0.2) is 34.9 Å². The SMILES string of the molecule is CCC1(c2nc(CCc3ccccc3)no2)CCNCC1. The largest absolute Gasteiger partial charge is 0.339 e. The van der Waals surface area contributed by atoms with Gasteiger partial charge in [0.05, 0.1) is 5.41 Å². The molecule has 0 radical (unpaired) electrons. The first-order chi connectivity index (χ1) is 10.3. The molecule has 4 heteroatoms. The highest BCUT2D eigenvalue weighted by Crippen LogP contribution is 2.35. The smallest absolute Gasteiger partial charge is 0.232 e. The van der Waals surface area contributed by atoms with Crippen LogP contribution in [-0.2, 0) is 18.3 Å². The predicted octanol–water partition coefficient (Wildman–Crippen LogP) is 2.89. The van der Waals surface area contributed by atoms with E-state index in [1.54, 1.807) is 0 Å². The Morgan fingerprint density at radius 2 is 1.90 bits per heavy atom. The number of nitrogens with zero attached hydrogens (tertiary/aromatic N) is 2. The van der Waals surface area contributed by atoms with Crippen molar-refractivity contribution in [3.8, 4) is 0 Å². The molecule has 1 aromatic carbocycles. The summed E-state index contributed by atoms with van der Waals surface area (Å²) in [6.45, 7) is 4.30. The van der Waals surface area contributed by atoms with Gasteiger partial charge in [0.2, 0.25) is 5.89 Å². The number of aromatic nitrogens is 2. The summed E-state index contributed by atoms with van der Waals surface area (Å²) >= 11 is 0. The minimum atomic E-state index is 0.0866. The van der Waals surface area contributed by atoms with Crippen LogP contribution in [0.5, 0.6) is 0 Å². The first kappa shape index (κ1) is 14.3. The third kappa shape index (κ3) is 3.16. The van der Waals surface area contributed by atoms with E-state index in [0.29, 0.717) is 0 Å². The molecule has 0 aliphatic carbocycles. The molecule has 1 aromatic heterocycles. The lowest BCUT2D eigenvalue weighted by molar-refractivity contribution is 0.216. The first-order valence-electron chi connectivity index (χ1n) is 7.90. The Bertz CT molecular complexity index is 558. The summed E-state index contributed by atoms with van der Waals surface area (Å²) in [5.74, 6) is 1.68. The molecule has 2 heterocycles. The average molecular weight is 285 g/mol. The number of benzene rings is 1. The molecule has 0 amide bonds. The van der Waals surface area contributed by atoms with Gasteiger partial charge in [0.15, 0.2) is 5.82 Å². The van der Waals surface area contributed by atoms with E-state index >= 15 is 0 Å². The van der Waals surface area contributed by atoms with E-state index in [1.807, 2.05) is 6.07 Å². The predicted molar refractivity (Wildman–Crippen MR) is 82.2 cm³/mol. The summed E-state index contributed by atoms with van der Waals surface area (Å²) in [7, 11) is 0. The Labute approximate surface area is 126 Å². The highest BCUT2D eigenvalue weighted by Gasteiger charge is 2.37. The maximum atomic E-state index is 5.60. The van der Waals surface area contributed by atoms with Crippen LogP contribution in [0.2, 0.25) is 0 Å². The molecule has 1 aliphatic rings. The monoisotopic (exact) mass is 285 g/mol. The van der Waals surface area contributed by atoms with Crippen molar-refractivity contribution >= 4 is 0 Å². The number of piperidine rings is 1. The van der Waals surface area contributed by atoms with Gasteiger partial charge in [-0.2, -0.15) is 4.98 Å². The third-order valence-electron chi connectivity index (χ3n) is 4.64. The normalized spacial score (nSPS) is 17.8. The zero-order valence-corrected chi connectivity index (χ0v) is 12.6. The van der Waals surface area contributed by atoms with Gasteiger partial charge in [0, 0.05) is 6.42 Å². The van der Waals surface area contributed by atoms with Gasteiger partial charge in [-0.3, -0.25) is 0 Å². The fourth-order valence-corrected chi connectivity index (χ4v) is 3.10. The molecule has 1 saturated heterocycles. The summed E-state index contributed by atoms with van der Waals surface area (Å²) in [6.07, 6.45) is 5.04. The number of hydrogen-bond donors (Lipinski definition) is 1. The number of rotatable bonds is 5. The van der Waals surface area contributed by atoms with Crippen LogP contribution in [0.25, 0.3) is 0 Å². The summed E-state index contributed by atoms with van der Waals surface area (Å²) in [5, 5.41) is 7.60. The van der Waals surface area contributed by atoms with Crippen LogP contribution in [0.4, 0.5) is 0 Å². The van der Waals surface area contributed by atoms with Crippen molar-refractivity contribution in [2.45, 2.75) is 44.4 Å². The molecule has 21 heavy (non-hydrogen) atoms. The summed E-state index contributed by atoms with van der Waals surface area (Å²) < 4.78 is 5.60. The fraction of sp³-hybridized carbons (Fsp3) is 0.529. The minimum absolute atomic E-state index is 0.0866. The lowest BCUT2D eigenvalue weighted by Gasteiger charge is -2.33. The second kappa shape index (κ2) is 6.39. The fourth-order valence-electron chi connectivity index (χ4n) is 3.10. The van der Waals surface area contributed by atoms with E-state index < -0.39 is 0 Å². The van der Waals surface area contributed by atoms with Crippen molar-refractivity contribution in [3.63, 3.8) is 0 Å². The molecular weight excluding hydrogens is 262 g/mol. The highest BCUT2D eigenvalue weighted by molar-refractivity contribution is 5.15. The Kier molecular flexibility index (Phi) is 4.34. The summed E-state index contributed by atoms with van der Waals surface area (Å²) in [6, 6.07) is 10.5. The van der Waals surface area contributed by atoms with Crippen molar-refractivity contribution < 1.29 is 4.52 Å². The van der Waals surface area contributed by atoms with Gasteiger partial charge in [-0.05, 0) is 44.3 Å². The average Bonchev–Trinajstić information content (AvgIpc) is 3.04. The van der Waals surface area contributed by atoms with Gasteiger partial charge in [0.25, 0.3) is 0 Å². The van der Waals surface area contributed by atoms with E-state index in [1.165, 1.54) is 5.56 Å². The standard InChI is InChI=1S/C17H23N3O/c1-2-17(10-12-18-13-11-17)16-19-15(20-21-16)9-8-14-6-4-3-5-7-14/h3-7,18H,2,8-13H2,1H3. The zero-order valence-electron chi connectivity index (χ0n) is 12.6. The van der Waals surface area contributed by atoms with Crippen LogP contribution in [-0.4, -0.2) is 23.2 Å². The number of aryl methyl sites for hydroxylation is 2. The topological polar surface area (TPSA) is 51.0 Å². The molecule has 1 aliphatic heterocycles. The molecule has 4 nitrogen and oxygen atoms in total. The quantitative estimate of drug-likeness (QED) is 0.917. The van der Waals surface area contributed by atoms with E-state index in [-0.39, 0.29) is 5.41 Å². The van der Waals surface area contributed by atoms with Crippen molar-refractivity contribution in [2.75, 3.05) is 13.1 Å². The maximum Gasteiger partial charge on any atom is 0.232 e. The van der Waals surface area contributed by atoms with Gasteiger partial charge >= 0.3 is 0 Å². The number of hydrogen-bond acceptors (Lipinski definition) is 4. The van der Waals surface area contributed by atoms with Gasteiger partial charge in [-0.15, -0.1) is 0 Å². The second-order valence-corrected chi connectivity index (χ2v) is 5.89. The summed E-state index contributed by atoms with van der Waals surface area (Å²) in [5.41, 5.74) is 1.40. The Morgan fingerprint density at radius 1 is 1.14 bits per heavy atom. The Hall–Kier alpha value is -1.68. The van der Waals surface area contributed by atoms with Crippen molar-refractivity contribution in [1.29, 1.82) is 0 Å². The molecular formula is C17H23N3O. The molecule has 112 valence electrons. The van der Waals surface area contributed by atoms with Crippen molar-refractivity contribution in [3.05, 3.63) is 47.6 Å². The maximum absolute atomic E-state index is 5.60. The van der Waals surface area contributed by atoms with E-state index in [9.17, 15) is 0 Å². The van der Waals surface area contributed by atoms with E-state index in [0.717, 1.165) is 56.9 Å². The van der Waals surface area contributed by atoms with Gasteiger partial charge < -0.3 is 9.84 Å². The van der Waals surface area contributed by atoms with E-state index in [2.05, 4.69) is 46.6 Å². The Morgan fingerprint density at radius 3 is 2.62 bits per heavy atom. The second-order valence-electron chi connectivity index (χ2n) is 5.89. The van der Waals surface area contributed by atoms with Crippen molar-refractivity contribution in [1.82, 2.24) is 15.5 Å². The molecule has 2 aromatic rings. The molecule has 3 rings (SSSR count). The molecule has 0 spiro atoms. The van der Waals surface area contributed by atoms with Gasteiger partial charge in [-0.25, -0.2) is 0 Å². The minimum Gasteiger partial charge on any atom is -0.339 e. The molecule has 0 atom stereocenters. The lowest BCUT2D eigenvalue weighted by Crippen LogP contribution is -2.39. The Balaban J connectivity index is 1.68. The first-order valence-corrected chi connectivity index (χ1v) is 7.90. The highest BCUT2D eigenvalue weighted by atomic mass is 16.5. The number of nitrogens with one attached hydrogen (secondary N) is 1. The van der Waals surface area contributed by atoms with E-state index in [4.69, 9.17) is 4.52 Å². The van der Waals surface area contributed by atoms with Gasteiger partial charge in [0.1, 0.15) is 0 Å². The summed E-state index contributed by atoms with van der Waals surface area (Å²) in [4.78, 5) is 4.69. The third-order valence-corrected chi connectivity index (χ3v) is 4.64. The van der Waals surface area contributed by atoms with Crippen molar-refractivity contribution in [2.24, 2.45) is 0 Å². The molecule has 1 N–H and O–H groups in total. The van der Waals surface area contributed by atoms with Crippen LogP contribution >= 0.6 is 0 Å². The molecule has 1 fully saturated rings. The molecule has 0 bridgehead atoms. The van der Waals surface area contributed by atoms with Crippen LogP contribution in [0, 0.1) is 0 Å².